The molecule has 0 unspecified atom stereocenters. The smallest absolute Gasteiger partial charge is 0.257 e. The van der Waals surface area contributed by atoms with Crippen LogP contribution in [0.5, 0.6) is 0 Å². The van der Waals surface area contributed by atoms with Crippen LogP contribution in [-0.2, 0) is 14.6 Å². The first kappa shape index (κ1) is 22.2. The van der Waals surface area contributed by atoms with Crippen LogP contribution in [0.3, 0.4) is 0 Å². The van der Waals surface area contributed by atoms with Gasteiger partial charge in [-0.05, 0) is 36.5 Å². The Kier molecular flexibility index (Phi) is 6.77. The van der Waals surface area contributed by atoms with Gasteiger partial charge >= 0.3 is 0 Å². The summed E-state index contributed by atoms with van der Waals surface area (Å²) >= 11 is 6.22. The fraction of sp³-hybridized carbons (Fsp3) is 0.381. The van der Waals surface area contributed by atoms with Gasteiger partial charge in [-0.25, -0.2) is 18.4 Å². The Balaban J connectivity index is 1.93. The summed E-state index contributed by atoms with van der Waals surface area (Å²) in [6.07, 6.45) is 10.4. The molecule has 1 saturated carbocycles. The second-order valence-electron chi connectivity index (χ2n) is 7.65. The molecule has 0 spiro atoms. The molecule has 1 N–H and O–H groups in total. The standard InChI is InChI=1S/C21H25ClN4O3S/c1-26(2)20-13-23-19(12-24-20)25-21(27)16(10-14-6-4-5-7-14)15-8-9-18(17(22)11-15)30(3,28)29/h8-14H,4-7H2,1-3H3,(H,23,25,27)/b16-10+. The maximum absolute atomic E-state index is 13.1. The maximum Gasteiger partial charge on any atom is 0.257 e. The van der Waals surface area contributed by atoms with Gasteiger partial charge in [-0.1, -0.05) is 36.6 Å². The number of sulfone groups is 1. The van der Waals surface area contributed by atoms with Gasteiger partial charge in [0, 0.05) is 25.9 Å². The van der Waals surface area contributed by atoms with Gasteiger partial charge in [0.05, 0.1) is 22.3 Å². The van der Waals surface area contributed by atoms with Crippen molar-refractivity contribution < 1.29 is 13.2 Å². The molecule has 1 aromatic heterocycles. The van der Waals surface area contributed by atoms with Gasteiger partial charge in [0.2, 0.25) is 0 Å². The van der Waals surface area contributed by atoms with Crippen molar-refractivity contribution in [1.82, 2.24) is 9.97 Å². The third-order valence-corrected chi connectivity index (χ3v) is 6.61. The van der Waals surface area contributed by atoms with Gasteiger partial charge in [0.1, 0.15) is 5.82 Å². The number of nitrogens with one attached hydrogen (secondary N) is 1. The third kappa shape index (κ3) is 5.37. The zero-order valence-corrected chi connectivity index (χ0v) is 18.8. The van der Waals surface area contributed by atoms with E-state index in [0.717, 1.165) is 31.9 Å². The molecule has 0 saturated heterocycles. The Hall–Kier alpha value is -2.45. The molecule has 30 heavy (non-hydrogen) atoms. The van der Waals surface area contributed by atoms with Gasteiger partial charge in [-0.15, -0.1) is 0 Å². The van der Waals surface area contributed by atoms with Crippen LogP contribution in [0, 0.1) is 5.92 Å². The average molecular weight is 449 g/mol. The third-order valence-electron chi connectivity index (χ3n) is 5.03. The van der Waals surface area contributed by atoms with Crippen molar-refractivity contribution in [2.45, 2.75) is 30.6 Å². The first-order valence-corrected chi connectivity index (χ1v) is 11.9. The molecular formula is C21H25ClN4O3S. The Bertz CT molecular complexity index is 1060. The maximum atomic E-state index is 13.1. The van der Waals surface area contributed by atoms with Gasteiger partial charge in [-0.3, -0.25) is 4.79 Å². The van der Waals surface area contributed by atoms with Crippen molar-refractivity contribution in [3.8, 4) is 0 Å². The number of nitrogens with zero attached hydrogens (tertiary/aromatic N) is 3. The number of rotatable bonds is 6. The summed E-state index contributed by atoms with van der Waals surface area (Å²) in [4.78, 5) is 23.5. The lowest BCUT2D eigenvalue weighted by Gasteiger charge is -2.14. The molecule has 0 bridgehead atoms. The Morgan fingerprint density at radius 2 is 1.90 bits per heavy atom. The predicted octanol–water partition coefficient (Wildman–Crippen LogP) is 3.81. The molecule has 1 fully saturated rings. The Labute approximate surface area is 182 Å². The number of carbonyl (C=O) groups excluding carboxylic acids is 1. The largest absolute Gasteiger partial charge is 0.361 e. The lowest BCUT2D eigenvalue weighted by Crippen LogP contribution is -2.17. The Morgan fingerprint density at radius 1 is 1.20 bits per heavy atom. The SMILES string of the molecule is CN(C)c1cnc(NC(=O)/C(=C/C2CCCC2)c2ccc(S(C)(=O)=O)c(Cl)c2)cn1. The van der Waals surface area contributed by atoms with Crippen LogP contribution in [0.2, 0.25) is 5.02 Å². The molecular weight excluding hydrogens is 424 g/mol. The number of amides is 1. The topological polar surface area (TPSA) is 92.3 Å². The lowest BCUT2D eigenvalue weighted by molar-refractivity contribution is -0.111. The molecule has 1 amide bonds. The quantitative estimate of drug-likeness (QED) is 0.675. The minimum atomic E-state index is -3.45. The average Bonchev–Trinajstić information content (AvgIpc) is 3.18. The molecule has 0 aliphatic heterocycles. The van der Waals surface area contributed by atoms with Crippen LogP contribution in [0.25, 0.3) is 5.57 Å². The van der Waals surface area contributed by atoms with E-state index < -0.39 is 9.84 Å². The second-order valence-corrected chi connectivity index (χ2v) is 10.0. The van der Waals surface area contributed by atoms with Gasteiger partial charge in [-0.2, -0.15) is 0 Å². The highest BCUT2D eigenvalue weighted by Gasteiger charge is 2.21. The number of allylic oxidation sites excluding steroid dienone is 1. The highest BCUT2D eigenvalue weighted by Crippen LogP contribution is 2.32. The summed E-state index contributed by atoms with van der Waals surface area (Å²) in [5.74, 6) is 0.970. The molecule has 0 atom stereocenters. The van der Waals surface area contributed by atoms with Crippen LogP contribution < -0.4 is 10.2 Å². The number of carbonyl (C=O) groups is 1. The monoisotopic (exact) mass is 448 g/mol. The molecule has 7 nitrogen and oxygen atoms in total. The van der Waals surface area contributed by atoms with Crippen molar-refractivity contribution in [2.24, 2.45) is 5.92 Å². The van der Waals surface area contributed by atoms with E-state index in [0.29, 0.717) is 28.7 Å². The zero-order chi connectivity index (χ0) is 21.9. The first-order chi connectivity index (χ1) is 14.1. The number of halogens is 1. The van der Waals surface area contributed by atoms with Gasteiger partial charge < -0.3 is 10.2 Å². The van der Waals surface area contributed by atoms with E-state index >= 15 is 0 Å². The number of hydrogen-bond acceptors (Lipinski definition) is 6. The van der Waals surface area contributed by atoms with Gasteiger partial charge in [0.25, 0.3) is 5.91 Å². The fourth-order valence-electron chi connectivity index (χ4n) is 3.43. The lowest BCUT2D eigenvalue weighted by atomic mass is 9.98. The summed E-state index contributed by atoms with van der Waals surface area (Å²) in [6.45, 7) is 0. The van der Waals surface area contributed by atoms with E-state index in [4.69, 9.17) is 11.6 Å². The molecule has 0 radical (unpaired) electrons. The normalized spacial score (nSPS) is 15.3. The van der Waals surface area contributed by atoms with E-state index in [1.54, 1.807) is 12.3 Å². The highest BCUT2D eigenvalue weighted by atomic mass is 35.5. The summed E-state index contributed by atoms with van der Waals surface area (Å²) in [5.41, 5.74) is 1.01. The van der Waals surface area contributed by atoms with Gasteiger partial charge in [0.15, 0.2) is 15.7 Å². The summed E-state index contributed by atoms with van der Waals surface area (Å²) in [5, 5.41) is 2.88. The van der Waals surface area contributed by atoms with Crippen molar-refractivity contribution in [3.05, 3.63) is 47.3 Å². The molecule has 160 valence electrons. The minimum absolute atomic E-state index is 0.0404. The second kappa shape index (κ2) is 9.14. The zero-order valence-electron chi connectivity index (χ0n) is 17.2. The molecule has 1 aliphatic carbocycles. The highest BCUT2D eigenvalue weighted by molar-refractivity contribution is 7.90. The van der Waals surface area contributed by atoms with Crippen LogP contribution >= 0.6 is 11.6 Å². The molecule has 2 aromatic rings. The predicted molar refractivity (Wildman–Crippen MR) is 119 cm³/mol. The molecule has 1 aliphatic rings. The summed E-state index contributed by atoms with van der Waals surface area (Å²) < 4.78 is 23.7. The van der Waals surface area contributed by atoms with Crippen LogP contribution in [0.1, 0.15) is 31.2 Å². The van der Waals surface area contributed by atoms with Crippen LogP contribution in [0.4, 0.5) is 11.6 Å². The van der Waals surface area contributed by atoms with E-state index in [-0.39, 0.29) is 15.8 Å². The van der Waals surface area contributed by atoms with Crippen molar-refractivity contribution >= 4 is 44.6 Å². The Morgan fingerprint density at radius 3 is 2.43 bits per heavy atom. The van der Waals surface area contributed by atoms with Crippen molar-refractivity contribution in [3.63, 3.8) is 0 Å². The first-order valence-electron chi connectivity index (χ1n) is 9.67. The summed E-state index contributed by atoms with van der Waals surface area (Å²) in [7, 11) is 0.259. The van der Waals surface area contributed by atoms with E-state index in [1.165, 1.54) is 18.3 Å². The van der Waals surface area contributed by atoms with E-state index in [1.807, 2.05) is 25.1 Å². The minimum Gasteiger partial charge on any atom is -0.361 e. The molecule has 1 aromatic carbocycles. The van der Waals surface area contributed by atoms with Crippen molar-refractivity contribution in [1.29, 1.82) is 0 Å². The van der Waals surface area contributed by atoms with E-state index in [2.05, 4.69) is 15.3 Å². The van der Waals surface area contributed by atoms with E-state index in [9.17, 15) is 13.2 Å². The molecule has 1 heterocycles. The van der Waals surface area contributed by atoms with Crippen LogP contribution in [-0.4, -0.2) is 44.6 Å². The van der Waals surface area contributed by atoms with Crippen molar-refractivity contribution in [2.75, 3.05) is 30.6 Å². The number of benzene rings is 1. The molecule has 9 heteroatoms. The fourth-order valence-corrected chi connectivity index (χ4v) is 4.76. The number of hydrogen-bond donors (Lipinski definition) is 1. The number of aromatic nitrogens is 2. The summed E-state index contributed by atoms with van der Waals surface area (Å²) in [6, 6.07) is 4.58. The molecule has 3 rings (SSSR count). The van der Waals surface area contributed by atoms with Crippen LogP contribution in [0.15, 0.2) is 41.6 Å². The number of anilines is 2.